The summed E-state index contributed by atoms with van der Waals surface area (Å²) in [7, 11) is -3.51. The maximum absolute atomic E-state index is 12.4. The minimum absolute atomic E-state index is 0.261. The molecule has 0 radical (unpaired) electrons. The van der Waals surface area contributed by atoms with E-state index in [1.807, 2.05) is 12.1 Å². The topological polar surface area (TPSA) is 82.4 Å². The van der Waals surface area contributed by atoms with Crippen LogP contribution in [0.25, 0.3) is 0 Å². The van der Waals surface area contributed by atoms with E-state index in [0.29, 0.717) is 37.1 Å². The van der Waals surface area contributed by atoms with Gasteiger partial charge in [0.05, 0.1) is 23.1 Å². The van der Waals surface area contributed by atoms with Crippen LogP contribution in [0.2, 0.25) is 0 Å². The molecule has 8 heteroatoms. The van der Waals surface area contributed by atoms with E-state index in [1.54, 1.807) is 30.3 Å². The van der Waals surface area contributed by atoms with E-state index < -0.39 is 10.0 Å². The van der Waals surface area contributed by atoms with Crippen molar-refractivity contribution >= 4 is 26.0 Å². The number of benzene rings is 2. The van der Waals surface area contributed by atoms with Gasteiger partial charge in [0.2, 0.25) is 10.0 Å². The van der Waals surface area contributed by atoms with Gasteiger partial charge in [-0.25, -0.2) is 13.1 Å². The Hall–Kier alpha value is -1.92. The van der Waals surface area contributed by atoms with Crippen molar-refractivity contribution in [3.8, 4) is 11.8 Å². The fourth-order valence-corrected chi connectivity index (χ4v) is 5.22. The lowest BCUT2D eigenvalue weighted by Gasteiger charge is -2.27. The van der Waals surface area contributed by atoms with Crippen LogP contribution in [-0.2, 0) is 10.0 Å². The predicted octanol–water partition coefficient (Wildman–Crippen LogP) is 2.71. The van der Waals surface area contributed by atoms with Crippen molar-refractivity contribution < 1.29 is 13.2 Å². The second-order valence-electron chi connectivity index (χ2n) is 7.15. The van der Waals surface area contributed by atoms with Gasteiger partial charge < -0.3 is 9.64 Å². The van der Waals surface area contributed by atoms with Crippen molar-refractivity contribution in [2.75, 3.05) is 32.8 Å². The molecule has 2 aliphatic rings. The zero-order valence-electron chi connectivity index (χ0n) is 15.1. The second kappa shape index (κ2) is 7.84. The molecule has 0 bridgehead atoms. The number of fused-ring (bicyclic) bond motifs is 3. The van der Waals surface area contributed by atoms with Crippen LogP contribution in [0.1, 0.15) is 17.0 Å². The minimum Gasteiger partial charge on any atom is -0.493 e. The Morgan fingerprint density at radius 1 is 1.21 bits per heavy atom. The number of hydrogen-bond donors (Lipinski definition) is 1. The number of nitrogens with one attached hydrogen (secondary N) is 1. The van der Waals surface area contributed by atoms with Crippen LogP contribution in [0.15, 0.2) is 51.8 Å². The maximum atomic E-state index is 12.4. The number of likely N-dealkylation sites (tertiary alicyclic amines) is 1. The van der Waals surface area contributed by atoms with Gasteiger partial charge >= 0.3 is 0 Å². The SMILES string of the molecule is N#Cc1ccc2c(c1)C1CN(CCNS(=O)(=O)c3ccc(Br)cc3)CC1CO2. The normalized spacial score (nSPS) is 21.4. The van der Waals surface area contributed by atoms with Crippen molar-refractivity contribution in [1.29, 1.82) is 5.26 Å². The number of rotatable bonds is 5. The maximum Gasteiger partial charge on any atom is 0.240 e. The Morgan fingerprint density at radius 2 is 2.00 bits per heavy atom. The molecule has 1 fully saturated rings. The Morgan fingerprint density at radius 3 is 2.75 bits per heavy atom. The number of sulfonamides is 1. The summed E-state index contributed by atoms with van der Waals surface area (Å²) in [6.45, 7) is 3.35. The van der Waals surface area contributed by atoms with Gasteiger partial charge in [0.25, 0.3) is 0 Å². The van der Waals surface area contributed by atoms with Crippen LogP contribution in [0, 0.1) is 17.2 Å². The molecule has 28 heavy (non-hydrogen) atoms. The van der Waals surface area contributed by atoms with E-state index in [4.69, 9.17) is 10.00 Å². The molecule has 2 unspecified atom stereocenters. The smallest absolute Gasteiger partial charge is 0.240 e. The number of nitrogens with zero attached hydrogens (tertiary/aromatic N) is 2. The van der Waals surface area contributed by atoms with Crippen molar-refractivity contribution in [3.05, 3.63) is 58.1 Å². The van der Waals surface area contributed by atoms with E-state index >= 15 is 0 Å². The van der Waals surface area contributed by atoms with Gasteiger partial charge in [-0.3, -0.25) is 0 Å². The summed E-state index contributed by atoms with van der Waals surface area (Å²) in [4.78, 5) is 2.52. The number of ether oxygens (including phenoxy) is 1. The van der Waals surface area contributed by atoms with Crippen LogP contribution in [-0.4, -0.2) is 46.1 Å². The molecule has 146 valence electrons. The largest absolute Gasteiger partial charge is 0.493 e. The third-order valence-corrected chi connectivity index (χ3v) is 7.36. The van der Waals surface area contributed by atoms with Crippen molar-refractivity contribution in [2.24, 2.45) is 5.92 Å². The Kier molecular flexibility index (Phi) is 5.43. The fraction of sp³-hybridized carbons (Fsp3) is 0.350. The summed E-state index contributed by atoms with van der Waals surface area (Å²) >= 11 is 3.31. The zero-order valence-corrected chi connectivity index (χ0v) is 17.5. The molecule has 4 rings (SSSR count). The molecule has 0 saturated carbocycles. The lowest BCUT2D eigenvalue weighted by Crippen LogP contribution is -2.34. The van der Waals surface area contributed by atoms with Crippen LogP contribution in [0.4, 0.5) is 0 Å². The first-order chi connectivity index (χ1) is 13.5. The fourth-order valence-electron chi connectivity index (χ4n) is 3.94. The van der Waals surface area contributed by atoms with Crippen molar-refractivity contribution in [1.82, 2.24) is 9.62 Å². The first kappa shape index (κ1) is 19.4. The molecule has 6 nitrogen and oxygen atoms in total. The molecule has 1 saturated heterocycles. The van der Waals surface area contributed by atoms with Gasteiger partial charge in [0.1, 0.15) is 5.75 Å². The average Bonchev–Trinajstić information content (AvgIpc) is 3.11. The van der Waals surface area contributed by atoms with Gasteiger partial charge in [-0.1, -0.05) is 15.9 Å². The van der Waals surface area contributed by atoms with E-state index in [0.717, 1.165) is 28.9 Å². The van der Waals surface area contributed by atoms with Gasteiger partial charge in [0.15, 0.2) is 0 Å². The van der Waals surface area contributed by atoms with Gasteiger partial charge in [-0.05, 0) is 42.5 Å². The van der Waals surface area contributed by atoms with Gasteiger partial charge in [-0.15, -0.1) is 0 Å². The third kappa shape index (κ3) is 3.94. The monoisotopic (exact) mass is 461 g/mol. The second-order valence-corrected chi connectivity index (χ2v) is 9.84. The molecule has 0 aromatic heterocycles. The highest BCUT2D eigenvalue weighted by Gasteiger charge is 2.38. The van der Waals surface area contributed by atoms with Crippen LogP contribution < -0.4 is 9.46 Å². The van der Waals surface area contributed by atoms with Crippen molar-refractivity contribution in [2.45, 2.75) is 10.8 Å². The summed E-state index contributed by atoms with van der Waals surface area (Å²) in [5.74, 6) is 1.54. The first-order valence-electron chi connectivity index (χ1n) is 9.11. The highest BCUT2D eigenvalue weighted by atomic mass is 79.9. The van der Waals surface area contributed by atoms with E-state index in [-0.39, 0.29) is 4.90 Å². The van der Waals surface area contributed by atoms with Crippen LogP contribution in [0.5, 0.6) is 5.75 Å². The Labute approximate surface area is 173 Å². The molecule has 1 N–H and O–H groups in total. The van der Waals surface area contributed by atoms with E-state index in [9.17, 15) is 8.42 Å². The molecule has 0 aliphatic carbocycles. The first-order valence-corrected chi connectivity index (χ1v) is 11.4. The molecule has 0 amide bonds. The van der Waals surface area contributed by atoms with Crippen LogP contribution >= 0.6 is 15.9 Å². The molecule has 0 spiro atoms. The van der Waals surface area contributed by atoms with E-state index in [1.165, 1.54) is 0 Å². The quantitative estimate of drug-likeness (QED) is 0.739. The highest BCUT2D eigenvalue weighted by molar-refractivity contribution is 9.10. The molecule has 2 atom stereocenters. The Bertz CT molecular complexity index is 1020. The third-order valence-electron chi connectivity index (χ3n) is 5.35. The van der Waals surface area contributed by atoms with Gasteiger partial charge in [-0.2, -0.15) is 5.26 Å². The lowest BCUT2D eigenvalue weighted by molar-refractivity contribution is 0.213. The van der Waals surface area contributed by atoms with E-state index in [2.05, 4.69) is 31.6 Å². The lowest BCUT2D eigenvalue weighted by atomic mass is 9.86. The molecule has 2 aliphatic heterocycles. The molecule has 2 aromatic rings. The predicted molar refractivity (Wildman–Crippen MR) is 109 cm³/mol. The highest BCUT2D eigenvalue weighted by Crippen LogP contribution is 2.41. The summed E-state index contributed by atoms with van der Waals surface area (Å²) in [6, 6.07) is 14.4. The number of nitriles is 1. The molecule has 2 heterocycles. The number of halogens is 1. The molecular weight excluding hydrogens is 442 g/mol. The molecule has 2 aromatic carbocycles. The standard InChI is InChI=1S/C20H20BrN3O3S/c21-16-2-4-17(5-3-16)28(25,26)23-7-8-24-11-15-13-27-20-6-1-14(10-22)9-18(20)19(15)12-24/h1-6,9,15,19,23H,7-8,11-13H2. The summed E-state index contributed by atoms with van der Waals surface area (Å²) in [6.07, 6.45) is 0. The van der Waals surface area contributed by atoms with Crippen molar-refractivity contribution in [3.63, 3.8) is 0 Å². The Balaban J connectivity index is 1.37. The summed E-state index contributed by atoms with van der Waals surface area (Å²) in [5, 5.41) is 9.16. The molecular formula is C20H20BrN3O3S. The summed E-state index contributed by atoms with van der Waals surface area (Å²) in [5.41, 5.74) is 1.73. The number of hydrogen-bond acceptors (Lipinski definition) is 5. The average molecular weight is 462 g/mol. The minimum atomic E-state index is -3.51. The van der Waals surface area contributed by atoms with Crippen LogP contribution in [0.3, 0.4) is 0 Å². The zero-order chi connectivity index (χ0) is 19.7. The van der Waals surface area contributed by atoms with Gasteiger partial charge in [0, 0.05) is 48.1 Å². The summed E-state index contributed by atoms with van der Waals surface area (Å²) < 4.78 is 34.2.